The van der Waals surface area contributed by atoms with Crippen LogP contribution in [0.15, 0.2) is 71.6 Å². The number of sulfonamides is 1. The van der Waals surface area contributed by atoms with Crippen molar-refractivity contribution in [1.82, 2.24) is 9.29 Å². The molecule has 3 aromatic rings. The summed E-state index contributed by atoms with van der Waals surface area (Å²) in [4.78, 5) is 17.8. The minimum Gasteiger partial charge on any atom is -0.406 e. The fourth-order valence-electron chi connectivity index (χ4n) is 4.89. The van der Waals surface area contributed by atoms with Crippen LogP contribution in [-0.2, 0) is 20.2 Å². The van der Waals surface area contributed by atoms with Crippen LogP contribution in [0.5, 0.6) is 5.75 Å². The Labute approximate surface area is 227 Å². The van der Waals surface area contributed by atoms with E-state index in [4.69, 9.17) is 0 Å². The molecule has 1 atom stereocenters. The van der Waals surface area contributed by atoms with Gasteiger partial charge in [0.1, 0.15) is 11.6 Å². The van der Waals surface area contributed by atoms with Crippen LogP contribution in [0.25, 0.3) is 11.3 Å². The molecular weight excluding hydrogens is 535 g/mol. The SMILES string of the molecule is O=C(Nc1cccc(-c2ccc(S(=O)(=O)N3CCC[C@@H]3CO)cc2)n1)C1(c2ccc(OC(F)(F)F)cc2)CC1.[HH].[HH].[HH]. The second-order valence-corrected chi connectivity index (χ2v) is 11.5. The lowest BCUT2D eigenvalue weighted by Gasteiger charge is -2.22. The second-order valence-electron chi connectivity index (χ2n) is 9.64. The van der Waals surface area contributed by atoms with Crippen LogP contribution in [0.4, 0.5) is 19.0 Å². The number of carbonyl (C=O) groups is 1. The van der Waals surface area contributed by atoms with Crippen LogP contribution in [-0.4, -0.2) is 54.3 Å². The van der Waals surface area contributed by atoms with Gasteiger partial charge >= 0.3 is 6.36 Å². The number of hydrogen-bond donors (Lipinski definition) is 2. The summed E-state index contributed by atoms with van der Waals surface area (Å²) in [5.41, 5.74) is 0.895. The molecule has 8 nitrogen and oxygen atoms in total. The van der Waals surface area contributed by atoms with Crippen LogP contribution in [0.3, 0.4) is 0 Å². The lowest BCUT2D eigenvalue weighted by molar-refractivity contribution is -0.274. The van der Waals surface area contributed by atoms with Gasteiger partial charge in [-0.05, 0) is 67.6 Å². The van der Waals surface area contributed by atoms with Crippen molar-refractivity contribution in [2.75, 3.05) is 18.5 Å². The molecule has 1 aromatic heterocycles. The molecule has 212 valence electrons. The average molecular weight is 568 g/mol. The molecule has 1 amide bonds. The van der Waals surface area contributed by atoms with Crippen LogP contribution < -0.4 is 10.1 Å². The van der Waals surface area contributed by atoms with Crippen LogP contribution >= 0.6 is 0 Å². The number of benzene rings is 2. The maximum atomic E-state index is 13.1. The summed E-state index contributed by atoms with van der Waals surface area (Å²) in [7, 11) is -3.74. The summed E-state index contributed by atoms with van der Waals surface area (Å²) >= 11 is 0. The third-order valence-electron chi connectivity index (χ3n) is 7.11. The first kappa shape index (κ1) is 27.1. The number of aliphatic hydroxyl groups excluding tert-OH is 1. The molecule has 0 bridgehead atoms. The van der Waals surface area contributed by atoms with Crippen molar-refractivity contribution < 1.29 is 40.5 Å². The molecule has 2 fully saturated rings. The van der Waals surface area contributed by atoms with Gasteiger partial charge in [0.25, 0.3) is 0 Å². The van der Waals surface area contributed by atoms with Crippen LogP contribution in [0.2, 0.25) is 0 Å². The zero-order valence-corrected chi connectivity index (χ0v) is 21.5. The molecule has 1 saturated carbocycles. The second kappa shape index (κ2) is 10.2. The molecule has 2 aliphatic rings. The number of aromatic nitrogens is 1. The average Bonchev–Trinajstić information content (AvgIpc) is 3.57. The van der Waals surface area contributed by atoms with Gasteiger partial charge in [0.2, 0.25) is 15.9 Å². The number of anilines is 1. The van der Waals surface area contributed by atoms with Crippen molar-refractivity contribution in [3.8, 4) is 17.0 Å². The van der Waals surface area contributed by atoms with E-state index in [9.17, 15) is 31.5 Å². The number of halogens is 3. The van der Waals surface area contributed by atoms with Crippen molar-refractivity contribution in [2.45, 2.75) is 48.4 Å². The maximum Gasteiger partial charge on any atom is 0.573 e. The third-order valence-corrected chi connectivity index (χ3v) is 9.07. The summed E-state index contributed by atoms with van der Waals surface area (Å²) < 4.78 is 68.6. The van der Waals surface area contributed by atoms with Gasteiger partial charge in [-0.15, -0.1) is 13.2 Å². The first-order valence-corrected chi connectivity index (χ1v) is 13.8. The van der Waals surface area contributed by atoms with E-state index < -0.39 is 27.8 Å². The quantitative estimate of drug-likeness (QED) is 0.387. The van der Waals surface area contributed by atoms with E-state index in [0.717, 1.165) is 0 Å². The molecule has 0 unspecified atom stereocenters. The molecule has 39 heavy (non-hydrogen) atoms. The lowest BCUT2D eigenvalue weighted by Crippen LogP contribution is -2.37. The Balaban J connectivity index is 0.00000205. The molecule has 2 aromatic carbocycles. The molecule has 2 N–H and O–H groups in total. The highest BCUT2D eigenvalue weighted by molar-refractivity contribution is 7.89. The van der Waals surface area contributed by atoms with Crippen molar-refractivity contribution >= 4 is 21.7 Å². The number of alkyl halides is 3. The highest BCUT2D eigenvalue weighted by Crippen LogP contribution is 2.49. The molecule has 1 aliphatic carbocycles. The van der Waals surface area contributed by atoms with E-state index in [-0.39, 0.29) is 27.4 Å². The van der Waals surface area contributed by atoms with Crippen molar-refractivity contribution in [3.05, 3.63) is 72.3 Å². The van der Waals surface area contributed by atoms with E-state index in [1.54, 1.807) is 30.3 Å². The Morgan fingerprint density at radius 1 is 1.10 bits per heavy atom. The number of ether oxygens (including phenoxy) is 1. The van der Waals surface area contributed by atoms with Gasteiger partial charge in [0.15, 0.2) is 0 Å². The smallest absolute Gasteiger partial charge is 0.406 e. The van der Waals surface area contributed by atoms with Gasteiger partial charge in [-0.3, -0.25) is 4.79 Å². The van der Waals surface area contributed by atoms with Gasteiger partial charge < -0.3 is 15.2 Å². The van der Waals surface area contributed by atoms with Gasteiger partial charge in [0.05, 0.1) is 22.6 Å². The predicted molar refractivity (Wildman–Crippen MR) is 143 cm³/mol. The fraction of sp³-hybridized carbons (Fsp3) is 0.333. The van der Waals surface area contributed by atoms with Crippen molar-refractivity contribution in [1.29, 1.82) is 0 Å². The Bertz CT molecular complexity index is 1470. The van der Waals surface area contributed by atoms with Crippen LogP contribution in [0.1, 0.15) is 35.5 Å². The number of nitrogens with one attached hydrogen (secondary N) is 1. The number of nitrogens with zero attached hydrogens (tertiary/aromatic N) is 2. The molecule has 0 radical (unpaired) electrons. The summed E-state index contributed by atoms with van der Waals surface area (Å²) in [5, 5.41) is 12.3. The Kier molecular flexibility index (Phi) is 7.12. The van der Waals surface area contributed by atoms with Crippen molar-refractivity contribution in [3.63, 3.8) is 0 Å². The van der Waals surface area contributed by atoms with E-state index in [0.29, 0.717) is 54.9 Å². The number of hydrogen-bond acceptors (Lipinski definition) is 6. The Morgan fingerprint density at radius 3 is 2.41 bits per heavy atom. The van der Waals surface area contributed by atoms with E-state index in [2.05, 4.69) is 15.0 Å². The molecule has 12 heteroatoms. The topological polar surface area (TPSA) is 109 Å². The fourth-order valence-corrected chi connectivity index (χ4v) is 6.57. The zero-order chi connectivity index (χ0) is 27.8. The monoisotopic (exact) mass is 567 g/mol. The van der Waals surface area contributed by atoms with Gasteiger partial charge in [-0.1, -0.05) is 30.3 Å². The summed E-state index contributed by atoms with van der Waals surface area (Å²) in [6.07, 6.45) is -2.39. The normalized spacial score (nSPS) is 19.0. The zero-order valence-electron chi connectivity index (χ0n) is 20.7. The molecule has 0 spiro atoms. The third kappa shape index (κ3) is 5.63. The minimum absolute atomic E-state index is 0. The number of rotatable bonds is 8. The number of carbonyl (C=O) groups excluding carboxylic acids is 1. The molecule has 1 aliphatic heterocycles. The lowest BCUT2D eigenvalue weighted by atomic mass is 9.95. The first-order valence-electron chi connectivity index (χ1n) is 12.4. The predicted octanol–water partition coefficient (Wildman–Crippen LogP) is 5.20. The Morgan fingerprint density at radius 2 is 1.79 bits per heavy atom. The summed E-state index contributed by atoms with van der Waals surface area (Å²) in [6.45, 7) is 0.143. The molecular formula is C27H32F3N3O5S. The van der Waals surface area contributed by atoms with Gasteiger partial charge in [-0.2, -0.15) is 4.31 Å². The van der Waals surface area contributed by atoms with Crippen LogP contribution in [0, 0.1) is 0 Å². The van der Waals surface area contributed by atoms with Gasteiger partial charge in [0, 0.05) is 22.4 Å². The highest BCUT2D eigenvalue weighted by Gasteiger charge is 2.51. The maximum absolute atomic E-state index is 13.1. The first-order chi connectivity index (χ1) is 18.5. The van der Waals surface area contributed by atoms with E-state index >= 15 is 0 Å². The largest absolute Gasteiger partial charge is 0.573 e. The van der Waals surface area contributed by atoms with Gasteiger partial charge in [-0.25, -0.2) is 13.4 Å². The summed E-state index contributed by atoms with van der Waals surface area (Å²) in [6, 6.07) is 16.2. The summed E-state index contributed by atoms with van der Waals surface area (Å²) in [5.74, 6) is -0.383. The Hall–Kier alpha value is -3.48. The number of pyridine rings is 1. The number of aliphatic hydroxyl groups is 1. The minimum atomic E-state index is -4.79. The van der Waals surface area contributed by atoms with E-state index in [1.165, 1.54) is 40.7 Å². The molecule has 1 saturated heterocycles. The van der Waals surface area contributed by atoms with E-state index in [1.807, 2.05) is 0 Å². The van der Waals surface area contributed by atoms with Crippen molar-refractivity contribution in [2.24, 2.45) is 0 Å². The number of amides is 1. The highest BCUT2D eigenvalue weighted by atomic mass is 32.2. The standard InChI is InChI=1S/C27H26F3N3O5S.3H2/c28-27(29,30)38-21-10-8-19(9-11-21)26(14-15-26)25(35)32-24-5-1-4-23(31-24)18-6-12-22(13-7-18)39(36,37)33-16-2-3-20(33)17-34;;;/h1,4-13,20,34H,2-3,14-17H2,(H,31,32,35);3*1H/t20-;;;/m1.../s1. The molecule has 5 rings (SSSR count). The molecule has 2 heterocycles.